The fourth-order valence-corrected chi connectivity index (χ4v) is 2.74. The van der Waals surface area contributed by atoms with Gasteiger partial charge in [0, 0.05) is 13.1 Å². The Hall–Kier alpha value is -1.89. The molecule has 1 aliphatic rings. The Morgan fingerprint density at radius 1 is 1.20 bits per heavy atom. The molecule has 7 heteroatoms. The maximum atomic E-state index is 11.7. The van der Waals surface area contributed by atoms with E-state index in [0.29, 0.717) is 30.8 Å². The van der Waals surface area contributed by atoms with Crippen LogP contribution < -0.4 is 10.6 Å². The van der Waals surface area contributed by atoms with Crippen molar-refractivity contribution in [3.63, 3.8) is 0 Å². The molecular formula is C13H16N2O4S. The van der Waals surface area contributed by atoms with E-state index >= 15 is 0 Å². The highest BCUT2D eigenvalue weighted by molar-refractivity contribution is 7.12. The van der Waals surface area contributed by atoms with E-state index < -0.39 is 17.8 Å². The average Bonchev–Trinajstić information content (AvgIpc) is 2.85. The maximum absolute atomic E-state index is 11.7. The van der Waals surface area contributed by atoms with Crippen LogP contribution in [0.5, 0.6) is 0 Å². The largest absolute Gasteiger partial charge is 0.481 e. The molecule has 108 valence electrons. The number of nitrogens with one attached hydrogen (secondary N) is 2. The van der Waals surface area contributed by atoms with Crippen molar-refractivity contribution in [2.45, 2.75) is 12.8 Å². The zero-order chi connectivity index (χ0) is 14.5. The Balaban J connectivity index is 1.65. The molecule has 2 unspecified atom stereocenters. The summed E-state index contributed by atoms with van der Waals surface area (Å²) in [6, 6.07) is 3.52. The minimum absolute atomic E-state index is 0.165. The molecule has 1 heterocycles. The molecule has 1 aromatic heterocycles. The number of carbonyl (C=O) groups is 3. The fourth-order valence-electron chi connectivity index (χ4n) is 2.10. The van der Waals surface area contributed by atoms with Gasteiger partial charge < -0.3 is 15.7 Å². The number of rotatable bonds is 6. The van der Waals surface area contributed by atoms with E-state index in [0.717, 1.165) is 0 Å². The topological polar surface area (TPSA) is 95.5 Å². The lowest BCUT2D eigenvalue weighted by molar-refractivity contribution is -0.152. The van der Waals surface area contributed by atoms with Crippen LogP contribution in [-0.4, -0.2) is 36.0 Å². The first kappa shape index (κ1) is 14.5. The molecule has 0 aliphatic heterocycles. The number of hydrogen-bond acceptors (Lipinski definition) is 4. The van der Waals surface area contributed by atoms with Gasteiger partial charge in [-0.3, -0.25) is 14.4 Å². The van der Waals surface area contributed by atoms with Crippen LogP contribution in [0.4, 0.5) is 0 Å². The minimum atomic E-state index is -0.914. The van der Waals surface area contributed by atoms with E-state index in [1.165, 1.54) is 11.3 Å². The number of aliphatic carboxylic acids is 1. The highest BCUT2D eigenvalue weighted by Gasteiger charge is 2.41. The van der Waals surface area contributed by atoms with Gasteiger partial charge in [-0.15, -0.1) is 11.3 Å². The van der Waals surface area contributed by atoms with Crippen LogP contribution in [0.2, 0.25) is 0 Å². The summed E-state index contributed by atoms with van der Waals surface area (Å²) in [5.41, 5.74) is 0. The minimum Gasteiger partial charge on any atom is -0.481 e. The molecule has 1 saturated carbocycles. The number of amides is 2. The zero-order valence-electron chi connectivity index (χ0n) is 10.8. The van der Waals surface area contributed by atoms with Gasteiger partial charge in [-0.25, -0.2) is 0 Å². The Labute approximate surface area is 120 Å². The molecular weight excluding hydrogens is 280 g/mol. The molecule has 2 rings (SSSR count). The first-order valence-corrected chi connectivity index (χ1v) is 7.30. The highest BCUT2D eigenvalue weighted by Crippen LogP contribution is 2.34. The molecule has 1 fully saturated rings. The average molecular weight is 296 g/mol. The van der Waals surface area contributed by atoms with Crippen molar-refractivity contribution in [2.75, 3.05) is 13.1 Å². The first-order valence-electron chi connectivity index (χ1n) is 6.42. The lowest BCUT2D eigenvalue weighted by Crippen LogP contribution is -2.45. The second-order valence-electron chi connectivity index (χ2n) is 4.65. The van der Waals surface area contributed by atoms with Crippen LogP contribution in [0, 0.1) is 11.8 Å². The summed E-state index contributed by atoms with van der Waals surface area (Å²) in [4.78, 5) is 34.8. The summed E-state index contributed by atoms with van der Waals surface area (Å²) in [6.45, 7) is 0.631. The van der Waals surface area contributed by atoms with Gasteiger partial charge in [-0.05, 0) is 24.3 Å². The monoisotopic (exact) mass is 296 g/mol. The van der Waals surface area contributed by atoms with Crippen molar-refractivity contribution in [3.05, 3.63) is 22.4 Å². The van der Waals surface area contributed by atoms with Crippen LogP contribution in [0.25, 0.3) is 0 Å². The van der Waals surface area contributed by atoms with Gasteiger partial charge in [0.25, 0.3) is 5.91 Å². The third-order valence-electron chi connectivity index (χ3n) is 3.38. The maximum Gasteiger partial charge on any atom is 0.307 e. The summed E-state index contributed by atoms with van der Waals surface area (Å²) in [5, 5.41) is 16.0. The SMILES string of the molecule is O=C(NCCNC(=O)C1CCC1C(=O)O)c1cccs1. The molecule has 20 heavy (non-hydrogen) atoms. The number of thiophene rings is 1. The predicted octanol–water partition coefficient (Wildman–Crippen LogP) is 0.705. The highest BCUT2D eigenvalue weighted by atomic mass is 32.1. The van der Waals surface area contributed by atoms with Gasteiger partial charge in [0.1, 0.15) is 0 Å². The standard InChI is InChI=1S/C13H16N2O4S/c16-11(8-3-4-9(8)13(18)19)14-5-6-15-12(17)10-2-1-7-20-10/h1-2,7-9H,3-6H2,(H,14,16)(H,15,17)(H,18,19). The van der Waals surface area contributed by atoms with Gasteiger partial charge in [-0.2, -0.15) is 0 Å². The second kappa shape index (κ2) is 6.51. The predicted molar refractivity (Wildman–Crippen MR) is 73.5 cm³/mol. The van der Waals surface area contributed by atoms with Crippen molar-refractivity contribution >= 4 is 29.1 Å². The molecule has 6 nitrogen and oxygen atoms in total. The fraction of sp³-hybridized carbons (Fsp3) is 0.462. The van der Waals surface area contributed by atoms with Crippen LogP contribution in [0.15, 0.2) is 17.5 Å². The van der Waals surface area contributed by atoms with Crippen LogP contribution in [-0.2, 0) is 9.59 Å². The van der Waals surface area contributed by atoms with Crippen molar-refractivity contribution in [1.82, 2.24) is 10.6 Å². The van der Waals surface area contributed by atoms with Crippen LogP contribution in [0.3, 0.4) is 0 Å². The van der Waals surface area contributed by atoms with E-state index in [1.54, 1.807) is 12.1 Å². The summed E-state index contributed by atoms with van der Waals surface area (Å²) >= 11 is 1.35. The molecule has 0 radical (unpaired) electrons. The Bertz CT molecular complexity index is 500. The van der Waals surface area contributed by atoms with E-state index in [2.05, 4.69) is 10.6 Å². The van der Waals surface area contributed by atoms with Gasteiger partial charge in [0.05, 0.1) is 16.7 Å². The number of carboxylic acids is 1. The smallest absolute Gasteiger partial charge is 0.307 e. The summed E-state index contributed by atoms with van der Waals surface area (Å²) < 4.78 is 0. The molecule has 0 aromatic carbocycles. The summed E-state index contributed by atoms with van der Waals surface area (Å²) in [5.74, 6) is -2.31. The zero-order valence-corrected chi connectivity index (χ0v) is 11.6. The summed E-state index contributed by atoms with van der Waals surface area (Å²) in [7, 11) is 0. The molecule has 2 amide bonds. The van der Waals surface area contributed by atoms with Crippen LogP contribution in [0.1, 0.15) is 22.5 Å². The van der Waals surface area contributed by atoms with Crippen molar-refractivity contribution < 1.29 is 19.5 Å². The van der Waals surface area contributed by atoms with E-state index in [4.69, 9.17) is 5.11 Å². The Morgan fingerprint density at radius 3 is 2.45 bits per heavy atom. The van der Waals surface area contributed by atoms with Crippen molar-refractivity contribution in [2.24, 2.45) is 11.8 Å². The molecule has 0 saturated heterocycles. The lowest BCUT2D eigenvalue weighted by Gasteiger charge is -2.31. The third kappa shape index (κ3) is 3.36. The third-order valence-corrected chi connectivity index (χ3v) is 4.25. The number of carbonyl (C=O) groups excluding carboxylic acids is 2. The van der Waals surface area contributed by atoms with Gasteiger partial charge in [0.15, 0.2) is 0 Å². The quantitative estimate of drug-likeness (QED) is 0.674. The Morgan fingerprint density at radius 2 is 1.90 bits per heavy atom. The molecule has 0 spiro atoms. The molecule has 1 aliphatic carbocycles. The lowest BCUT2D eigenvalue weighted by atomic mass is 9.73. The molecule has 0 bridgehead atoms. The van der Waals surface area contributed by atoms with Crippen LogP contribution >= 0.6 is 11.3 Å². The van der Waals surface area contributed by atoms with Crippen molar-refractivity contribution in [1.29, 1.82) is 0 Å². The van der Waals surface area contributed by atoms with Gasteiger partial charge in [0.2, 0.25) is 5.91 Å². The van der Waals surface area contributed by atoms with Gasteiger partial charge >= 0.3 is 5.97 Å². The molecule has 1 aromatic rings. The second-order valence-corrected chi connectivity index (χ2v) is 5.60. The summed E-state index contributed by atoms with van der Waals surface area (Å²) in [6.07, 6.45) is 1.17. The van der Waals surface area contributed by atoms with E-state index in [-0.39, 0.29) is 11.8 Å². The molecule has 2 atom stereocenters. The first-order chi connectivity index (χ1) is 9.59. The number of carboxylic acid groups (broad SMARTS) is 1. The van der Waals surface area contributed by atoms with Gasteiger partial charge in [-0.1, -0.05) is 6.07 Å². The Kier molecular flexibility index (Phi) is 4.73. The van der Waals surface area contributed by atoms with Crippen molar-refractivity contribution in [3.8, 4) is 0 Å². The molecule has 3 N–H and O–H groups in total. The van der Waals surface area contributed by atoms with E-state index in [9.17, 15) is 14.4 Å². The normalized spacial score (nSPS) is 20.8. The number of hydrogen-bond donors (Lipinski definition) is 3. The van der Waals surface area contributed by atoms with E-state index in [1.807, 2.05) is 5.38 Å².